The summed E-state index contributed by atoms with van der Waals surface area (Å²) in [7, 11) is 1.67. The van der Waals surface area contributed by atoms with Gasteiger partial charge in [0.25, 0.3) is 0 Å². The number of carbonyl (C=O) groups is 1. The molecule has 1 unspecified atom stereocenters. The van der Waals surface area contributed by atoms with Crippen LogP contribution in [0, 0.1) is 5.92 Å². The Labute approximate surface area is 145 Å². The summed E-state index contributed by atoms with van der Waals surface area (Å²) in [5.41, 5.74) is 0.991. The number of rotatable bonds is 4. The Kier molecular flexibility index (Phi) is 5.24. The first kappa shape index (κ1) is 16.7. The Morgan fingerprint density at radius 2 is 2.22 bits per heavy atom. The van der Waals surface area contributed by atoms with E-state index in [1.165, 1.54) is 0 Å². The highest BCUT2D eigenvalue weighted by atomic mass is 79.9. The van der Waals surface area contributed by atoms with Gasteiger partial charge in [0.05, 0.1) is 18.0 Å². The second-order valence-corrected chi connectivity index (χ2v) is 6.70. The van der Waals surface area contributed by atoms with Gasteiger partial charge < -0.3 is 19.1 Å². The topological polar surface area (TPSA) is 48.0 Å². The fraction of sp³-hybridized carbons (Fsp3) is 0.588. The van der Waals surface area contributed by atoms with E-state index in [1.54, 1.807) is 12.0 Å². The number of methoxy groups -OCH3 is 1. The summed E-state index contributed by atoms with van der Waals surface area (Å²) in [5.74, 6) is -0.120. The Morgan fingerprint density at radius 3 is 2.91 bits per heavy atom. The van der Waals surface area contributed by atoms with E-state index in [9.17, 15) is 4.79 Å². The first-order valence-electron chi connectivity index (χ1n) is 7.90. The molecule has 5 nitrogen and oxygen atoms in total. The SMILES string of the molecule is COC1(CBr)C[C@H]2CCN(C(=O)OCc3ccccc3)C[C@@H]2O1. The third kappa shape index (κ3) is 3.70. The lowest BCUT2D eigenvalue weighted by molar-refractivity contribution is -0.197. The molecule has 0 N–H and O–H groups in total. The third-order valence-electron chi connectivity index (χ3n) is 4.67. The number of alkyl halides is 1. The van der Waals surface area contributed by atoms with Crippen LogP contribution in [0.2, 0.25) is 0 Å². The monoisotopic (exact) mass is 383 g/mol. The van der Waals surface area contributed by atoms with Gasteiger partial charge in [-0.15, -0.1) is 0 Å². The summed E-state index contributed by atoms with van der Waals surface area (Å²) in [6.07, 6.45) is 1.53. The lowest BCUT2D eigenvalue weighted by atomic mass is 9.91. The van der Waals surface area contributed by atoms with Gasteiger partial charge in [0.2, 0.25) is 0 Å². The van der Waals surface area contributed by atoms with Gasteiger partial charge >= 0.3 is 6.09 Å². The maximum atomic E-state index is 12.3. The molecule has 0 saturated carbocycles. The molecule has 23 heavy (non-hydrogen) atoms. The van der Waals surface area contributed by atoms with Crippen molar-refractivity contribution in [3.8, 4) is 0 Å². The molecule has 6 heteroatoms. The Morgan fingerprint density at radius 1 is 1.43 bits per heavy atom. The molecule has 3 rings (SSSR count). The summed E-state index contributed by atoms with van der Waals surface area (Å²) in [4.78, 5) is 14.0. The summed E-state index contributed by atoms with van der Waals surface area (Å²) in [6, 6.07) is 9.71. The van der Waals surface area contributed by atoms with Gasteiger partial charge in [0.1, 0.15) is 6.61 Å². The molecule has 126 valence electrons. The van der Waals surface area contributed by atoms with Gasteiger partial charge in [0.15, 0.2) is 5.79 Å². The predicted octanol–water partition coefficient (Wildman–Crippen LogP) is 3.17. The summed E-state index contributed by atoms with van der Waals surface area (Å²) < 4.78 is 17.0. The zero-order chi connectivity index (χ0) is 16.3. The maximum Gasteiger partial charge on any atom is 0.410 e. The fourth-order valence-corrected chi connectivity index (χ4v) is 3.89. The zero-order valence-corrected chi connectivity index (χ0v) is 14.8. The molecule has 2 saturated heterocycles. The first-order chi connectivity index (χ1) is 11.2. The first-order valence-corrected chi connectivity index (χ1v) is 9.02. The highest BCUT2D eigenvalue weighted by Gasteiger charge is 2.48. The lowest BCUT2D eigenvalue weighted by Gasteiger charge is -2.33. The minimum atomic E-state index is -0.556. The highest BCUT2D eigenvalue weighted by molar-refractivity contribution is 9.09. The van der Waals surface area contributed by atoms with Crippen molar-refractivity contribution in [3.05, 3.63) is 35.9 Å². The van der Waals surface area contributed by atoms with Crippen LogP contribution in [-0.2, 0) is 20.8 Å². The van der Waals surface area contributed by atoms with Gasteiger partial charge in [0, 0.05) is 20.1 Å². The quantitative estimate of drug-likeness (QED) is 0.749. The van der Waals surface area contributed by atoms with Crippen LogP contribution >= 0.6 is 15.9 Å². The summed E-state index contributed by atoms with van der Waals surface area (Å²) in [5, 5.41) is 0.641. The van der Waals surface area contributed by atoms with Crippen molar-refractivity contribution in [2.75, 3.05) is 25.5 Å². The van der Waals surface area contributed by atoms with Crippen LogP contribution < -0.4 is 0 Å². The van der Waals surface area contributed by atoms with Crippen molar-refractivity contribution in [1.29, 1.82) is 0 Å². The second-order valence-electron chi connectivity index (χ2n) is 6.14. The van der Waals surface area contributed by atoms with E-state index in [0.29, 0.717) is 30.9 Å². The molecule has 3 atom stereocenters. The van der Waals surface area contributed by atoms with Crippen LogP contribution in [0.15, 0.2) is 30.3 Å². The van der Waals surface area contributed by atoms with Crippen molar-refractivity contribution < 1.29 is 19.0 Å². The van der Waals surface area contributed by atoms with Crippen LogP contribution in [-0.4, -0.2) is 48.4 Å². The van der Waals surface area contributed by atoms with Crippen molar-refractivity contribution in [2.24, 2.45) is 5.92 Å². The molecular weight excluding hydrogens is 362 g/mol. The summed E-state index contributed by atoms with van der Waals surface area (Å²) >= 11 is 3.47. The molecule has 2 aliphatic rings. The van der Waals surface area contributed by atoms with Crippen LogP contribution in [0.4, 0.5) is 4.79 Å². The minimum absolute atomic E-state index is 0.0190. The molecule has 0 spiro atoms. The number of hydrogen-bond donors (Lipinski definition) is 0. The van der Waals surface area contributed by atoms with E-state index < -0.39 is 5.79 Å². The van der Waals surface area contributed by atoms with E-state index in [-0.39, 0.29) is 12.2 Å². The largest absolute Gasteiger partial charge is 0.445 e. The fourth-order valence-electron chi connectivity index (χ4n) is 3.30. The minimum Gasteiger partial charge on any atom is -0.445 e. The molecule has 0 radical (unpaired) electrons. The van der Waals surface area contributed by atoms with Gasteiger partial charge in [-0.1, -0.05) is 46.3 Å². The van der Waals surface area contributed by atoms with Crippen molar-refractivity contribution in [3.63, 3.8) is 0 Å². The number of amides is 1. The van der Waals surface area contributed by atoms with Crippen molar-refractivity contribution >= 4 is 22.0 Å². The standard InChI is InChI=1S/C17H22BrNO4/c1-21-17(12-18)9-14-7-8-19(10-15(14)23-17)16(20)22-11-13-5-3-2-4-6-13/h2-6,14-15H,7-12H2,1H3/t14-,15+,17?/m1/s1. The second kappa shape index (κ2) is 7.20. The van der Waals surface area contributed by atoms with E-state index in [2.05, 4.69) is 15.9 Å². The van der Waals surface area contributed by atoms with Crippen LogP contribution in [0.25, 0.3) is 0 Å². The molecule has 2 aliphatic heterocycles. The number of nitrogens with zero attached hydrogens (tertiary/aromatic N) is 1. The van der Waals surface area contributed by atoms with Crippen molar-refractivity contribution in [1.82, 2.24) is 4.90 Å². The molecule has 2 fully saturated rings. The van der Waals surface area contributed by atoms with E-state index in [1.807, 2.05) is 30.3 Å². The average molecular weight is 384 g/mol. The van der Waals surface area contributed by atoms with Crippen LogP contribution in [0.1, 0.15) is 18.4 Å². The molecule has 1 aromatic rings. The van der Waals surface area contributed by atoms with E-state index in [0.717, 1.165) is 18.4 Å². The molecule has 2 heterocycles. The summed E-state index contributed by atoms with van der Waals surface area (Å²) in [6.45, 7) is 1.57. The van der Waals surface area contributed by atoms with Gasteiger partial charge in [-0.25, -0.2) is 4.79 Å². The van der Waals surface area contributed by atoms with Gasteiger partial charge in [-0.2, -0.15) is 0 Å². The lowest BCUT2D eigenvalue weighted by Crippen LogP contribution is -2.45. The number of ether oxygens (including phenoxy) is 3. The molecule has 0 aliphatic carbocycles. The molecule has 1 amide bonds. The molecule has 1 aromatic carbocycles. The molecule has 0 bridgehead atoms. The van der Waals surface area contributed by atoms with Gasteiger partial charge in [-0.3, -0.25) is 0 Å². The number of benzene rings is 1. The van der Waals surface area contributed by atoms with E-state index in [4.69, 9.17) is 14.2 Å². The number of fused-ring (bicyclic) bond motifs is 1. The van der Waals surface area contributed by atoms with Crippen LogP contribution in [0.3, 0.4) is 0 Å². The van der Waals surface area contributed by atoms with E-state index >= 15 is 0 Å². The number of carbonyl (C=O) groups excluding carboxylic acids is 1. The number of piperidine rings is 1. The molecule has 0 aromatic heterocycles. The molecular formula is C17H22BrNO4. The van der Waals surface area contributed by atoms with Crippen molar-refractivity contribution in [2.45, 2.75) is 31.3 Å². The highest BCUT2D eigenvalue weighted by Crippen LogP contribution is 2.41. The van der Waals surface area contributed by atoms with Gasteiger partial charge in [-0.05, 0) is 17.9 Å². The Hall–Kier alpha value is -1.11. The number of halogens is 1. The smallest absolute Gasteiger partial charge is 0.410 e. The normalized spacial score (nSPS) is 30.1. The average Bonchev–Trinajstić information content (AvgIpc) is 2.99. The predicted molar refractivity (Wildman–Crippen MR) is 89.3 cm³/mol. The zero-order valence-electron chi connectivity index (χ0n) is 13.2. The maximum absolute atomic E-state index is 12.3. The Bertz CT molecular complexity index is 535. The van der Waals surface area contributed by atoms with Crippen LogP contribution in [0.5, 0.6) is 0 Å². The number of hydrogen-bond acceptors (Lipinski definition) is 4. The third-order valence-corrected chi connectivity index (χ3v) is 5.53. The Balaban J connectivity index is 1.54. The number of likely N-dealkylation sites (tertiary alicyclic amines) is 1.